The van der Waals surface area contributed by atoms with Crippen LogP contribution in [-0.2, 0) is 11.3 Å². The highest BCUT2D eigenvalue weighted by molar-refractivity contribution is 5.92. The number of likely N-dealkylation sites (N-methyl/N-ethyl adjacent to an activating group) is 1. The molecule has 0 saturated heterocycles. The van der Waals surface area contributed by atoms with Gasteiger partial charge in [0.2, 0.25) is 5.91 Å². The normalized spacial score (nSPS) is 21.6. The van der Waals surface area contributed by atoms with E-state index in [1.165, 1.54) is 5.56 Å². The largest absolute Gasteiger partial charge is 0.308 e. The molecule has 24 heavy (non-hydrogen) atoms. The number of benzene rings is 2. The summed E-state index contributed by atoms with van der Waals surface area (Å²) in [6.07, 6.45) is 0. The van der Waals surface area contributed by atoms with Gasteiger partial charge in [0.25, 0.3) is 0 Å². The Labute approximate surface area is 141 Å². The number of rotatable bonds is 1. The molecule has 2 unspecified atom stereocenters. The zero-order valence-electron chi connectivity index (χ0n) is 13.9. The van der Waals surface area contributed by atoms with Crippen LogP contribution in [0.1, 0.15) is 42.6 Å². The van der Waals surface area contributed by atoms with E-state index >= 15 is 0 Å². The Balaban J connectivity index is 1.95. The molecule has 0 N–H and O–H groups in total. The summed E-state index contributed by atoms with van der Waals surface area (Å²) < 4.78 is 0. The Morgan fingerprint density at radius 1 is 1.12 bits per heavy atom. The van der Waals surface area contributed by atoms with E-state index in [1.54, 1.807) is 6.92 Å². The number of hydrogen-bond acceptors (Lipinski definition) is 4. The molecule has 5 heteroatoms. The summed E-state index contributed by atoms with van der Waals surface area (Å²) in [5.41, 5.74) is 4.36. The van der Waals surface area contributed by atoms with Crippen molar-refractivity contribution in [2.24, 2.45) is 10.3 Å². The molecular weight excluding hydrogens is 300 g/mol. The van der Waals surface area contributed by atoms with Crippen molar-refractivity contribution in [2.45, 2.75) is 32.5 Å². The molecule has 2 aromatic rings. The van der Waals surface area contributed by atoms with Crippen molar-refractivity contribution in [1.29, 1.82) is 0 Å². The van der Waals surface area contributed by atoms with Gasteiger partial charge in [-0.1, -0.05) is 47.7 Å². The van der Waals surface area contributed by atoms with Gasteiger partial charge >= 0.3 is 0 Å². The number of carbonyl (C=O) groups excluding carboxylic acids is 1. The first-order valence-electron chi connectivity index (χ1n) is 8.33. The highest BCUT2D eigenvalue weighted by Gasteiger charge is 2.39. The summed E-state index contributed by atoms with van der Waals surface area (Å²) in [5.74, 6) is 0.0398. The smallest absolute Gasteiger partial charge is 0.224 e. The van der Waals surface area contributed by atoms with E-state index in [-0.39, 0.29) is 18.0 Å². The van der Waals surface area contributed by atoms with Gasteiger partial charge in [-0.3, -0.25) is 9.80 Å². The third kappa shape index (κ3) is 2.19. The van der Waals surface area contributed by atoms with Crippen molar-refractivity contribution in [1.82, 2.24) is 5.01 Å². The summed E-state index contributed by atoms with van der Waals surface area (Å²) in [7, 11) is 0. The van der Waals surface area contributed by atoms with E-state index in [2.05, 4.69) is 35.5 Å². The molecule has 2 aliphatic heterocycles. The minimum Gasteiger partial charge on any atom is -0.308 e. The average molecular weight is 320 g/mol. The van der Waals surface area contributed by atoms with Gasteiger partial charge in [-0.15, -0.1) is 0 Å². The van der Waals surface area contributed by atoms with Crippen LogP contribution >= 0.6 is 0 Å². The second-order valence-corrected chi connectivity index (χ2v) is 6.21. The van der Waals surface area contributed by atoms with Gasteiger partial charge in [-0.2, -0.15) is 5.11 Å². The number of nitrogens with zero attached hydrogens (tertiary/aromatic N) is 4. The molecule has 122 valence electrons. The molecule has 5 nitrogen and oxygen atoms in total. The molecule has 0 fully saturated rings. The molecule has 0 saturated carbocycles. The van der Waals surface area contributed by atoms with Crippen LogP contribution in [0.2, 0.25) is 0 Å². The summed E-state index contributed by atoms with van der Waals surface area (Å²) in [5, 5.41) is 11.0. The van der Waals surface area contributed by atoms with E-state index in [9.17, 15) is 4.79 Å². The molecule has 2 heterocycles. The quantitative estimate of drug-likeness (QED) is 0.796. The summed E-state index contributed by atoms with van der Waals surface area (Å²) >= 11 is 0. The van der Waals surface area contributed by atoms with Gasteiger partial charge < -0.3 is 4.90 Å². The SMILES string of the molecule is CCN1N=NC2c3ccccc3N(C(C)=O)Cc3ccccc3C21. The number of anilines is 1. The highest BCUT2D eigenvalue weighted by Crippen LogP contribution is 2.47. The van der Waals surface area contributed by atoms with Crippen LogP contribution in [0.15, 0.2) is 58.9 Å². The number of fused-ring (bicyclic) bond motifs is 5. The monoisotopic (exact) mass is 320 g/mol. The van der Waals surface area contributed by atoms with Crippen molar-refractivity contribution in [3.63, 3.8) is 0 Å². The van der Waals surface area contributed by atoms with Crippen LogP contribution in [0.4, 0.5) is 5.69 Å². The molecule has 2 aromatic carbocycles. The van der Waals surface area contributed by atoms with E-state index in [0.29, 0.717) is 6.54 Å². The molecule has 1 amide bonds. The Bertz CT molecular complexity index is 817. The Hall–Kier alpha value is -2.69. The molecule has 0 aromatic heterocycles. The van der Waals surface area contributed by atoms with Gasteiger partial charge in [0, 0.05) is 24.7 Å². The van der Waals surface area contributed by atoms with Gasteiger partial charge in [-0.05, 0) is 24.1 Å². The minimum atomic E-state index is -0.0931. The molecule has 0 aliphatic carbocycles. The molecule has 0 bridgehead atoms. The van der Waals surface area contributed by atoms with Gasteiger partial charge in [0.05, 0.1) is 6.54 Å². The summed E-state index contributed by atoms with van der Waals surface area (Å²) in [6, 6.07) is 16.4. The third-order valence-corrected chi connectivity index (χ3v) is 4.86. The third-order valence-electron chi connectivity index (χ3n) is 4.86. The lowest BCUT2D eigenvalue weighted by molar-refractivity contribution is -0.116. The number of carbonyl (C=O) groups is 1. The van der Waals surface area contributed by atoms with E-state index in [1.807, 2.05) is 40.2 Å². The first-order chi connectivity index (χ1) is 11.7. The maximum absolute atomic E-state index is 12.3. The fourth-order valence-electron chi connectivity index (χ4n) is 3.71. The van der Waals surface area contributed by atoms with Crippen LogP contribution < -0.4 is 4.90 Å². The van der Waals surface area contributed by atoms with Crippen LogP contribution in [-0.4, -0.2) is 17.5 Å². The first kappa shape index (κ1) is 14.9. The first-order valence-corrected chi connectivity index (χ1v) is 8.33. The van der Waals surface area contributed by atoms with E-state index in [0.717, 1.165) is 23.4 Å². The van der Waals surface area contributed by atoms with Crippen molar-refractivity contribution in [3.05, 3.63) is 65.2 Å². The molecule has 2 aliphatic rings. The summed E-state index contributed by atoms with van der Waals surface area (Å²) in [6.45, 7) is 5.09. The molecule has 2 atom stereocenters. The van der Waals surface area contributed by atoms with Crippen LogP contribution in [0.5, 0.6) is 0 Å². The average Bonchev–Trinajstić information content (AvgIpc) is 3.01. The van der Waals surface area contributed by atoms with E-state index < -0.39 is 0 Å². The van der Waals surface area contributed by atoms with Gasteiger partial charge in [0.15, 0.2) is 0 Å². The van der Waals surface area contributed by atoms with Gasteiger partial charge in [0.1, 0.15) is 12.1 Å². The zero-order valence-corrected chi connectivity index (χ0v) is 13.9. The fourth-order valence-corrected chi connectivity index (χ4v) is 3.71. The molecule has 0 radical (unpaired) electrons. The molecular formula is C19H20N4O. The topological polar surface area (TPSA) is 48.3 Å². The number of hydrogen-bond donors (Lipinski definition) is 0. The van der Waals surface area contributed by atoms with Gasteiger partial charge in [-0.25, -0.2) is 0 Å². The number of para-hydroxylation sites is 1. The molecule has 0 spiro atoms. The fraction of sp³-hybridized carbons (Fsp3) is 0.316. The van der Waals surface area contributed by atoms with Crippen molar-refractivity contribution >= 4 is 11.6 Å². The van der Waals surface area contributed by atoms with Crippen LogP contribution in [0.3, 0.4) is 0 Å². The van der Waals surface area contributed by atoms with Crippen molar-refractivity contribution in [2.75, 3.05) is 11.4 Å². The maximum atomic E-state index is 12.3. The Kier molecular flexibility index (Phi) is 3.56. The highest BCUT2D eigenvalue weighted by atomic mass is 16.2. The minimum absolute atomic E-state index is 0.0398. The van der Waals surface area contributed by atoms with Crippen LogP contribution in [0.25, 0.3) is 0 Å². The number of amides is 1. The Morgan fingerprint density at radius 2 is 1.83 bits per heavy atom. The zero-order chi connectivity index (χ0) is 16.7. The standard InChI is InChI=1S/C19H20N4O/c1-3-23-19-15-9-5-4-8-14(15)12-22(13(2)24)17-11-7-6-10-16(17)18(19)20-21-23/h4-11,18-19H,3,12H2,1-2H3. The second-order valence-electron chi connectivity index (χ2n) is 6.21. The second kappa shape index (κ2) is 5.74. The maximum Gasteiger partial charge on any atom is 0.224 e. The van der Waals surface area contributed by atoms with Crippen molar-refractivity contribution in [3.8, 4) is 0 Å². The lowest BCUT2D eigenvalue weighted by Gasteiger charge is -2.34. The predicted octanol–water partition coefficient (Wildman–Crippen LogP) is 4.04. The summed E-state index contributed by atoms with van der Waals surface area (Å²) in [4.78, 5) is 14.2. The molecule has 4 rings (SSSR count). The lowest BCUT2D eigenvalue weighted by atomic mass is 9.87. The van der Waals surface area contributed by atoms with Crippen molar-refractivity contribution < 1.29 is 4.79 Å². The lowest BCUT2D eigenvalue weighted by Crippen LogP contribution is -2.33. The van der Waals surface area contributed by atoms with E-state index in [4.69, 9.17) is 0 Å². The predicted molar refractivity (Wildman–Crippen MR) is 92.5 cm³/mol. The van der Waals surface area contributed by atoms with Crippen LogP contribution in [0, 0.1) is 0 Å². The Morgan fingerprint density at radius 3 is 2.58 bits per heavy atom.